The Kier molecular flexibility index (Phi) is 1.31. The molecule has 1 aliphatic rings. The molecule has 0 aromatic rings. The first-order valence-corrected chi connectivity index (χ1v) is 3.24. The minimum atomic E-state index is -0.107. The van der Waals surface area contributed by atoms with Crippen LogP contribution >= 0.6 is 15.9 Å². The number of alkyl halides is 1. The lowest BCUT2D eigenvalue weighted by Crippen LogP contribution is -2.13. The molecule has 46 valence electrons. The van der Waals surface area contributed by atoms with E-state index in [0.717, 1.165) is 0 Å². The summed E-state index contributed by atoms with van der Waals surface area (Å²) in [6, 6.07) is 0. The first-order chi connectivity index (χ1) is 3.60. The Labute approximate surface area is 56.3 Å². The van der Waals surface area contributed by atoms with Gasteiger partial charge in [-0.25, -0.2) is 0 Å². The second kappa shape index (κ2) is 1.72. The first kappa shape index (κ1) is 6.08. The molecule has 0 aliphatic carbocycles. The molecule has 8 heavy (non-hydrogen) atoms. The third kappa shape index (κ3) is 1.22. The highest BCUT2D eigenvalue weighted by molar-refractivity contribution is 9.10. The predicted octanol–water partition coefficient (Wildman–Crippen LogP) is 1.09. The maximum Gasteiger partial charge on any atom is 0.307 e. The fraction of sp³-hybridized carbons (Fsp3) is 0.800. The largest absolute Gasteiger partial charge is 0.464 e. The van der Waals surface area contributed by atoms with Gasteiger partial charge in [-0.05, 0) is 6.92 Å². The number of hydrogen-bond donors (Lipinski definition) is 0. The third-order valence-electron chi connectivity index (χ3n) is 1.05. The molecule has 1 atom stereocenters. The number of carbonyl (C=O) groups excluding carboxylic acids is 1. The Morgan fingerprint density at radius 1 is 1.88 bits per heavy atom. The van der Waals surface area contributed by atoms with Crippen molar-refractivity contribution in [2.75, 3.05) is 6.61 Å². The van der Waals surface area contributed by atoms with Crippen LogP contribution in [-0.4, -0.2) is 16.9 Å². The van der Waals surface area contributed by atoms with Crippen LogP contribution in [0.5, 0.6) is 0 Å². The summed E-state index contributed by atoms with van der Waals surface area (Å²) in [5, 5.41) is 0. The zero-order valence-corrected chi connectivity index (χ0v) is 6.19. The van der Waals surface area contributed by atoms with E-state index < -0.39 is 0 Å². The van der Waals surface area contributed by atoms with Crippen molar-refractivity contribution in [1.29, 1.82) is 0 Å². The first-order valence-electron chi connectivity index (χ1n) is 2.45. The molecule has 0 aromatic heterocycles. The zero-order valence-electron chi connectivity index (χ0n) is 4.61. The van der Waals surface area contributed by atoms with Gasteiger partial charge in [-0.1, -0.05) is 15.9 Å². The van der Waals surface area contributed by atoms with Gasteiger partial charge in [0.1, 0.15) is 6.61 Å². The van der Waals surface area contributed by atoms with Crippen LogP contribution in [0, 0.1) is 0 Å². The summed E-state index contributed by atoms with van der Waals surface area (Å²) in [4.78, 5) is 10.4. The lowest BCUT2D eigenvalue weighted by Gasteiger charge is -2.06. The van der Waals surface area contributed by atoms with Crippen molar-refractivity contribution in [2.45, 2.75) is 17.7 Å². The standard InChI is InChI=1S/C5H7BrO2/c1-5(6)2-4(7)8-3-5/h2-3H2,1H3. The second-order valence-corrected chi connectivity index (χ2v) is 4.17. The molecule has 0 bridgehead atoms. The Hall–Kier alpha value is -0.0500. The minimum absolute atomic E-state index is 0.0932. The molecule has 0 N–H and O–H groups in total. The summed E-state index contributed by atoms with van der Waals surface area (Å²) in [5.74, 6) is -0.107. The number of carbonyl (C=O) groups is 1. The van der Waals surface area contributed by atoms with E-state index in [-0.39, 0.29) is 10.3 Å². The maximum atomic E-state index is 10.4. The number of halogens is 1. The molecule has 1 rings (SSSR count). The van der Waals surface area contributed by atoms with Crippen LogP contribution in [0.4, 0.5) is 0 Å². The SMILES string of the molecule is CC1(Br)COC(=O)C1. The highest BCUT2D eigenvalue weighted by atomic mass is 79.9. The number of rotatable bonds is 0. The molecule has 0 saturated carbocycles. The molecule has 0 radical (unpaired) electrons. The van der Waals surface area contributed by atoms with Gasteiger partial charge >= 0.3 is 5.97 Å². The van der Waals surface area contributed by atoms with Crippen molar-refractivity contribution in [3.63, 3.8) is 0 Å². The van der Waals surface area contributed by atoms with Crippen molar-refractivity contribution < 1.29 is 9.53 Å². The molecule has 0 spiro atoms. The lowest BCUT2D eigenvalue weighted by atomic mass is 10.2. The maximum absolute atomic E-state index is 10.4. The van der Waals surface area contributed by atoms with Gasteiger partial charge < -0.3 is 4.74 Å². The molecule has 2 nitrogen and oxygen atoms in total. The normalized spacial score (nSPS) is 37.5. The van der Waals surface area contributed by atoms with Crippen LogP contribution in [0.1, 0.15) is 13.3 Å². The summed E-state index contributed by atoms with van der Waals surface area (Å²) < 4.78 is 4.59. The highest BCUT2D eigenvalue weighted by Crippen LogP contribution is 2.27. The molecular weight excluding hydrogens is 172 g/mol. The number of esters is 1. The molecule has 1 aliphatic heterocycles. The number of ether oxygens (including phenoxy) is 1. The molecule has 1 saturated heterocycles. The quantitative estimate of drug-likeness (QED) is 0.411. The molecule has 3 heteroatoms. The lowest BCUT2D eigenvalue weighted by molar-refractivity contribution is -0.137. The average molecular weight is 179 g/mol. The monoisotopic (exact) mass is 178 g/mol. The Morgan fingerprint density at radius 3 is 2.62 bits per heavy atom. The average Bonchev–Trinajstić information content (AvgIpc) is 1.82. The summed E-state index contributed by atoms with van der Waals surface area (Å²) in [5.41, 5.74) is 0. The van der Waals surface area contributed by atoms with Crippen molar-refractivity contribution in [2.24, 2.45) is 0 Å². The van der Waals surface area contributed by atoms with E-state index in [1.54, 1.807) is 0 Å². The molecule has 1 heterocycles. The van der Waals surface area contributed by atoms with Crippen LogP contribution < -0.4 is 0 Å². The molecule has 0 aromatic carbocycles. The van der Waals surface area contributed by atoms with E-state index in [9.17, 15) is 4.79 Å². The summed E-state index contributed by atoms with van der Waals surface area (Å²) in [7, 11) is 0. The number of cyclic esters (lactones) is 1. The Morgan fingerprint density at radius 2 is 2.50 bits per heavy atom. The molecule has 1 fully saturated rings. The van der Waals surface area contributed by atoms with E-state index in [1.165, 1.54) is 0 Å². The van der Waals surface area contributed by atoms with E-state index in [2.05, 4.69) is 20.7 Å². The van der Waals surface area contributed by atoms with E-state index in [0.29, 0.717) is 13.0 Å². The summed E-state index contributed by atoms with van der Waals surface area (Å²) in [6.45, 7) is 2.45. The molecule has 0 amide bonds. The van der Waals surface area contributed by atoms with Crippen LogP contribution in [0.25, 0.3) is 0 Å². The summed E-state index contributed by atoms with van der Waals surface area (Å²) >= 11 is 3.34. The summed E-state index contributed by atoms with van der Waals surface area (Å²) in [6.07, 6.45) is 0.493. The zero-order chi connectivity index (χ0) is 6.20. The van der Waals surface area contributed by atoms with Gasteiger partial charge in [0.05, 0.1) is 10.7 Å². The predicted molar refractivity (Wildman–Crippen MR) is 32.9 cm³/mol. The van der Waals surface area contributed by atoms with Crippen molar-refractivity contribution >= 4 is 21.9 Å². The smallest absolute Gasteiger partial charge is 0.307 e. The highest BCUT2D eigenvalue weighted by Gasteiger charge is 2.32. The van der Waals surface area contributed by atoms with Crippen LogP contribution in [0.3, 0.4) is 0 Å². The van der Waals surface area contributed by atoms with E-state index in [4.69, 9.17) is 0 Å². The van der Waals surface area contributed by atoms with Crippen LogP contribution in [-0.2, 0) is 9.53 Å². The number of hydrogen-bond acceptors (Lipinski definition) is 2. The van der Waals surface area contributed by atoms with Gasteiger partial charge in [-0.3, -0.25) is 4.79 Å². The van der Waals surface area contributed by atoms with Gasteiger partial charge in [0.2, 0.25) is 0 Å². The van der Waals surface area contributed by atoms with Crippen LogP contribution in [0.2, 0.25) is 0 Å². The Balaban J connectivity index is 2.56. The van der Waals surface area contributed by atoms with Gasteiger partial charge in [0.25, 0.3) is 0 Å². The molecule has 1 unspecified atom stereocenters. The van der Waals surface area contributed by atoms with Gasteiger partial charge in [-0.2, -0.15) is 0 Å². The second-order valence-electron chi connectivity index (χ2n) is 2.25. The van der Waals surface area contributed by atoms with Crippen molar-refractivity contribution in [3.05, 3.63) is 0 Å². The van der Waals surface area contributed by atoms with Gasteiger partial charge in [0.15, 0.2) is 0 Å². The molecular formula is C5H7BrO2. The fourth-order valence-electron chi connectivity index (χ4n) is 0.634. The Bertz CT molecular complexity index is 120. The van der Waals surface area contributed by atoms with E-state index >= 15 is 0 Å². The van der Waals surface area contributed by atoms with Crippen molar-refractivity contribution in [1.82, 2.24) is 0 Å². The topological polar surface area (TPSA) is 26.3 Å². The van der Waals surface area contributed by atoms with E-state index in [1.807, 2.05) is 6.92 Å². The minimum Gasteiger partial charge on any atom is -0.464 e. The fourth-order valence-corrected chi connectivity index (χ4v) is 0.977. The van der Waals surface area contributed by atoms with Crippen molar-refractivity contribution in [3.8, 4) is 0 Å². The van der Waals surface area contributed by atoms with Gasteiger partial charge in [0, 0.05) is 0 Å². The van der Waals surface area contributed by atoms with Crippen LogP contribution in [0.15, 0.2) is 0 Å². The third-order valence-corrected chi connectivity index (χ3v) is 1.56. The van der Waals surface area contributed by atoms with Gasteiger partial charge in [-0.15, -0.1) is 0 Å².